The molecule has 2 N–H and O–H groups in total. The number of carbonyl (C=O) groups is 3. The molecule has 0 saturated carbocycles. The van der Waals surface area contributed by atoms with Crippen LogP contribution in [0.15, 0.2) is 0 Å². The van der Waals surface area contributed by atoms with Gasteiger partial charge in [0.2, 0.25) is 5.91 Å². The Morgan fingerprint density at radius 2 is 1.67 bits per heavy atom. The van der Waals surface area contributed by atoms with Crippen LogP contribution < -0.4 is 0 Å². The van der Waals surface area contributed by atoms with Crippen molar-refractivity contribution in [3.8, 4) is 0 Å². The van der Waals surface area contributed by atoms with E-state index < -0.39 is 17.9 Å². The maximum Gasteiger partial charge on any atom is 0.308 e. The highest BCUT2D eigenvalue weighted by Gasteiger charge is 2.26. The van der Waals surface area contributed by atoms with Gasteiger partial charge < -0.3 is 15.1 Å². The summed E-state index contributed by atoms with van der Waals surface area (Å²) in [6.07, 6.45) is -0.373. The van der Waals surface area contributed by atoms with E-state index in [4.69, 9.17) is 10.2 Å². The van der Waals surface area contributed by atoms with Gasteiger partial charge in [0.1, 0.15) is 0 Å². The van der Waals surface area contributed by atoms with Gasteiger partial charge >= 0.3 is 11.9 Å². The molecule has 1 atom stereocenters. The maximum atomic E-state index is 11.1. The number of rotatable bonds is 5. The summed E-state index contributed by atoms with van der Waals surface area (Å²) >= 11 is 0. The fourth-order valence-corrected chi connectivity index (χ4v) is 2.00. The number of piperazine rings is 1. The first-order chi connectivity index (χ1) is 8.40. The van der Waals surface area contributed by atoms with Crippen LogP contribution in [0.4, 0.5) is 0 Å². The van der Waals surface area contributed by atoms with Crippen molar-refractivity contribution in [2.45, 2.75) is 13.3 Å². The number of nitrogens with zero attached hydrogens (tertiary/aromatic N) is 2. The van der Waals surface area contributed by atoms with Gasteiger partial charge in [-0.05, 0) is 0 Å². The van der Waals surface area contributed by atoms with E-state index in [9.17, 15) is 14.4 Å². The first kappa shape index (κ1) is 14.4. The van der Waals surface area contributed by atoms with Crippen molar-refractivity contribution in [3.05, 3.63) is 0 Å². The summed E-state index contributed by atoms with van der Waals surface area (Å²) in [7, 11) is 0. The van der Waals surface area contributed by atoms with E-state index in [0.29, 0.717) is 26.2 Å². The minimum Gasteiger partial charge on any atom is -0.481 e. The van der Waals surface area contributed by atoms with Crippen LogP contribution in [0.1, 0.15) is 13.3 Å². The van der Waals surface area contributed by atoms with Crippen LogP contribution in [-0.2, 0) is 14.4 Å². The molecule has 0 aliphatic carbocycles. The predicted molar refractivity (Wildman–Crippen MR) is 62.1 cm³/mol. The molecule has 1 amide bonds. The predicted octanol–water partition coefficient (Wildman–Crippen LogP) is -0.674. The van der Waals surface area contributed by atoms with E-state index in [1.165, 1.54) is 6.92 Å². The molecule has 1 aliphatic rings. The van der Waals surface area contributed by atoms with Crippen molar-refractivity contribution < 1.29 is 24.6 Å². The number of carboxylic acid groups (broad SMARTS) is 2. The van der Waals surface area contributed by atoms with E-state index in [1.54, 1.807) is 4.90 Å². The second kappa shape index (κ2) is 6.34. The first-order valence-corrected chi connectivity index (χ1v) is 5.82. The Labute approximate surface area is 105 Å². The molecule has 1 rings (SSSR count). The Bertz CT molecular complexity index is 336. The zero-order valence-electron chi connectivity index (χ0n) is 10.3. The lowest BCUT2D eigenvalue weighted by Gasteiger charge is -2.35. The average molecular weight is 258 g/mol. The van der Waals surface area contributed by atoms with Crippen molar-refractivity contribution in [3.63, 3.8) is 0 Å². The first-order valence-electron chi connectivity index (χ1n) is 5.82. The molecule has 1 saturated heterocycles. The van der Waals surface area contributed by atoms with E-state index >= 15 is 0 Å². The summed E-state index contributed by atoms with van der Waals surface area (Å²) in [5.41, 5.74) is 0. The van der Waals surface area contributed by atoms with Crippen molar-refractivity contribution in [1.29, 1.82) is 0 Å². The highest BCUT2D eigenvalue weighted by atomic mass is 16.4. The maximum absolute atomic E-state index is 11.1. The molecule has 0 aromatic heterocycles. The van der Waals surface area contributed by atoms with Gasteiger partial charge in [-0.3, -0.25) is 19.3 Å². The zero-order chi connectivity index (χ0) is 13.7. The standard InChI is InChI=1S/C11H18N2O5/c1-8(14)13-4-2-12(3-5-13)7-9(11(17)18)6-10(15)16/h9H,2-7H2,1H3,(H,15,16)(H,17,18). The van der Waals surface area contributed by atoms with Crippen molar-refractivity contribution in [1.82, 2.24) is 9.80 Å². The largest absolute Gasteiger partial charge is 0.481 e. The van der Waals surface area contributed by atoms with Crippen LogP contribution in [0.3, 0.4) is 0 Å². The summed E-state index contributed by atoms with van der Waals surface area (Å²) in [4.78, 5) is 36.2. The third-order valence-electron chi connectivity index (χ3n) is 3.07. The number of hydrogen-bond donors (Lipinski definition) is 2. The molecule has 18 heavy (non-hydrogen) atoms. The molecule has 7 nitrogen and oxygen atoms in total. The smallest absolute Gasteiger partial charge is 0.308 e. The van der Waals surface area contributed by atoms with Gasteiger partial charge in [-0.2, -0.15) is 0 Å². The number of carboxylic acids is 2. The summed E-state index contributed by atoms with van der Waals surface area (Å²) in [6, 6.07) is 0. The molecule has 1 heterocycles. The second-order valence-corrected chi connectivity index (χ2v) is 4.44. The Hall–Kier alpha value is -1.63. The molecule has 0 radical (unpaired) electrons. The lowest BCUT2D eigenvalue weighted by atomic mass is 10.0. The molecule has 7 heteroatoms. The minimum absolute atomic E-state index is 0.00923. The van der Waals surface area contributed by atoms with Crippen LogP contribution in [0.2, 0.25) is 0 Å². The number of amides is 1. The Balaban J connectivity index is 2.44. The van der Waals surface area contributed by atoms with Crippen molar-refractivity contribution in [2.75, 3.05) is 32.7 Å². The molecule has 0 aromatic carbocycles. The van der Waals surface area contributed by atoms with Gasteiger partial charge in [0, 0.05) is 39.6 Å². The normalized spacial score (nSPS) is 18.4. The molecular weight excluding hydrogens is 240 g/mol. The lowest BCUT2D eigenvalue weighted by Crippen LogP contribution is -2.49. The van der Waals surface area contributed by atoms with E-state index in [0.717, 1.165) is 0 Å². The van der Waals surface area contributed by atoms with Crippen molar-refractivity contribution >= 4 is 17.8 Å². The number of hydrogen-bond acceptors (Lipinski definition) is 4. The summed E-state index contributed by atoms with van der Waals surface area (Å²) in [6.45, 7) is 4.02. The van der Waals surface area contributed by atoms with Crippen LogP contribution in [0.5, 0.6) is 0 Å². The highest BCUT2D eigenvalue weighted by molar-refractivity contribution is 5.78. The Morgan fingerprint density at radius 3 is 2.06 bits per heavy atom. The van der Waals surface area contributed by atoms with Crippen LogP contribution >= 0.6 is 0 Å². The Kier molecular flexibility index (Phi) is 5.08. The molecule has 102 valence electrons. The van der Waals surface area contributed by atoms with E-state index in [1.807, 2.05) is 4.90 Å². The third-order valence-corrected chi connectivity index (χ3v) is 3.07. The van der Waals surface area contributed by atoms with Gasteiger partial charge in [0.05, 0.1) is 12.3 Å². The lowest BCUT2D eigenvalue weighted by molar-refractivity contribution is -0.149. The van der Waals surface area contributed by atoms with Gasteiger partial charge in [-0.15, -0.1) is 0 Å². The van der Waals surface area contributed by atoms with Gasteiger partial charge in [0.15, 0.2) is 0 Å². The summed E-state index contributed by atoms with van der Waals surface area (Å²) in [5, 5.41) is 17.6. The molecule has 0 aromatic rings. The molecule has 1 aliphatic heterocycles. The molecular formula is C11H18N2O5. The average Bonchev–Trinajstić information content (AvgIpc) is 2.28. The van der Waals surface area contributed by atoms with Crippen molar-refractivity contribution in [2.24, 2.45) is 5.92 Å². The van der Waals surface area contributed by atoms with Crippen LogP contribution in [0.25, 0.3) is 0 Å². The van der Waals surface area contributed by atoms with E-state index in [-0.39, 0.29) is 18.9 Å². The third kappa shape index (κ3) is 4.33. The summed E-state index contributed by atoms with van der Waals surface area (Å²) in [5.74, 6) is -3.09. The monoisotopic (exact) mass is 258 g/mol. The van der Waals surface area contributed by atoms with Gasteiger partial charge in [0.25, 0.3) is 0 Å². The second-order valence-electron chi connectivity index (χ2n) is 4.44. The SMILES string of the molecule is CC(=O)N1CCN(CC(CC(=O)O)C(=O)O)CC1. The van der Waals surface area contributed by atoms with Gasteiger partial charge in [-0.1, -0.05) is 0 Å². The molecule has 0 spiro atoms. The number of aliphatic carboxylic acids is 2. The van der Waals surface area contributed by atoms with Crippen LogP contribution in [0, 0.1) is 5.92 Å². The highest BCUT2D eigenvalue weighted by Crippen LogP contribution is 2.10. The zero-order valence-corrected chi connectivity index (χ0v) is 10.3. The molecule has 1 unspecified atom stereocenters. The van der Waals surface area contributed by atoms with E-state index in [2.05, 4.69) is 0 Å². The Morgan fingerprint density at radius 1 is 1.11 bits per heavy atom. The molecule has 0 bridgehead atoms. The topological polar surface area (TPSA) is 98.2 Å². The fraction of sp³-hybridized carbons (Fsp3) is 0.727. The van der Waals surface area contributed by atoms with Gasteiger partial charge in [-0.25, -0.2) is 0 Å². The number of carbonyl (C=O) groups excluding carboxylic acids is 1. The quantitative estimate of drug-likeness (QED) is 0.678. The summed E-state index contributed by atoms with van der Waals surface area (Å²) < 4.78 is 0. The minimum atomic E-state index is -1.11. The molecule has 1 fully saturated rings. The fourth-order valence-electron chi connectivity index (χ4n) is 2.00. The van der Waals surface area contributed by atoms with Crippen LogP contribution in [-0.4, -0.2) is 70.6 Å².